The van der Waals surface area contributed by atoms with E-state index >= 15 is 0 Å². The molecule has 0 aliphatic heterocycles. The fourth-order valence-corrected chi connectivity index (χ4v) is 0.142. The first-order valence-corrected chi connectivity index (χ1v) is 3.56. The largest absolute Gasteiger partial charge is 0.450 e. The van der Waals surface area contributed by atoms with E-state index in [4.69, 9.17) is 0 Å². The average Bonchev–Trinajstić information content (AvgIpc) is 1.89. The zero-order valence-corrected chi connectivity index (χ0v) is 7.68. The van der Waals surface area contributed by atoms with Gasteiger partial charge >= 0.3 is 6.09 Å². The maximum Gasteiger partial charge on any atom is 0.404 e. The summed E-state index contributed by atoms with van der Waals surface area (Å²) < 4.78 is 4.18. The molecule has 0 unspecified atom stereocenters. The third-order valence-electron chi connectivity index (χ3n) is 0.864. The molecule has 0 atom stereocenters. The van der Waals surface area contributed by atoms with Gasteiger partial charge in [0.15, 0.2) is 0 Å². The second-order valence-corrected chi connectivity index (χ2v) is 2.12. The van der Waals surface area contributed by atoms with E-state index in [-0.39, 0.29) is 0 Å². The highest BCUT2D eigenvalue weighted by atomic mass is 16.5. The first-order chi connectivity index (χ1) is 5.04. The molecule has 2 N–H and O–H groups in total. The monoisotopic (exact) mass is 159 g/mol. The Balaban J connectivity index is 0. The average molecular weight is 159 g/mol. The molecule has 0 aliphatic rings. The predicted octanol–water partition coefficient (Wildman–Crippen LogP) is 2.07. The van der Waals surface area contributed by atoms with Crippen LogP contribution in [0, 0.1) is 0 Å². The molecule has 3 heteroatoms. The van der Waals surface area contributed by atoms with E-state index in [0.29, 0.717) is 6.61 Å². The van der Waals surface area contributed by atoms with Gasteiger partial charge in [-0.05, 0) is 27.7 Å². The van der Waals surface area contributed by atoms with E-state index < -0.39 is 6.09 Å². The van der Waals surface area contributed by atoms with Crippen LogP contribution in [0.4, 0.5) is 4.79 Å². The number of carbonyl (C=O) groups excluding carboxylic acids is 1. The summed E-state index contributed by atoms with van der Waals surface area (Å²) in [5, 5.41) is 0. The van der Waals surface area contributed by atoms with Gasteiger partial charge < -0.3 is 10.5 Å². The van der Waals surface area contributed by atoms with Gasteiger partial charge in [-0.1, -0.05) is 11.6 Å². The first-order valence-electron chi connectivity index (χ1n) is 3.56. The molecule has 1 amide bonds. The van der Waals surface area contributed by atoms with Gasteiger partial charge in [-0.2, -0.15) is 0 Å². The number of carbonyl (C=O) groups is 1. The van der Waals surface area contributed by atoms with Gasteiger partial charge in [-0.3, -0.25) is 0 Å². The highest BCUT2D eigenvalue weighted by molar-refractivity contribution is 5.64. The molecule has 0 fully saturated rings. The fourth-order valence-electron chi connectivity index (χ4n) is 0.142. The van der Waals surface area contributed by atoms with Gasteiger partial charge in [0.05, 0.1) is 6.61 Å². The van der Waals surface area contributed by atoms with E-state index in [1.165, 1.54) is 5.57 Å². The minimum Gasteiger partial charge on any atom is -0.450 e. The molecule has 0 aromatic rings. The Morgan fingerprint density at radius 2 is 1.91 bits per heavy atom. The molecular weight excluding hydrogens is 142 g/mol. The third-order valence-corrected chi connectivity index (χ3v) is 0.864. The van der Waals surface area contributed by atoms with Crippen LogP contribution in [0.15, 0.2) is 11.6 Å². The number of nitrogens with two attached hydrogens (primary N) is 1. The zero-order chi connectivity index (χ0) is 9.28. The maximum atomic E-state index is 9.60. The standard InChI is InChI=1S/C5H10.C3H7NO2/c1-4-5(2)3;1-2-6-3(4)5/h4H,1-3H3;2H2,1H3,(H2,4,5). The summed E-state index contributed by atoms with van der Waals surface area (Å²) in [6.07, 6.45) is 1.37. The number of hydrogen-bond acceptors (Lipinski definition) is 2. The van der Waals surface area contributed by atoms with Crippen molar-refractivity contribution in [2.45, 2.75) is 27.7 Å². The lowest BCUT2D eigenvalue weighted by Crippen LogP contribution is -2.11. The molecule has 0 radical (unpaired) electrons. The highest BCUT2D eigenvalue weighted by Gasteiger charge is 1.82. The van der Waals surface area contributed by atoms with Crippen molar-refractivity contribution >= 4 is 6.09 Å². The smallest absolute Gasteiger partial charge is 0.404 e. The second kappa shape index (κ2) is 9.01. The van der Waals surface area contributed by atoms with Gasteiger partial charge in [0, 0.05) is 0 Å². The first kappa shape index (κ1) is 12.7. The van der Waals surface area contributed by atoms with Crippen LogP contribution in [-0.4, -0.2) is 12.7 Å². The Bertz CT molecular complexity index is 126. The molecular formula is C8H17NO2. The Morgan fingerprint density at radius 1 is 1.55 bits per heavy atom. The lowest BCUT2D eigenvalue weighted by Gasteiger charge is -1.89. The van der Waals surface area contributed by atoms with Crippen molar-refractivity contribution < 1.29 is 9.53 Å². The third kappa shape index (κ3) is 27.5. The van der Waals surface area contributed by atoms with Crippen molar-refractivity contribution in [1.29, 1.82) is 0 Å². The van der Waals surface area contributed by atoms with E-state index in [1.807, 2.05) is 6.92 Å². The van der Waals surface area contributed by atoms with Crippen LogP contribution in [-0.2, 0) is 4.74 Å². The molecule has 0 aliphatic carbocycles. The molecule has 0 rings (SSSR count). The number of hydrogen-bond donors (Lipinski definition) is 1. The highest BCUT2D eigenvalue weighted by Crippen LogP contribution is 1.82. The van der Waals surface area contributed by atoms with Crippen molar-refractivity contribution in [3.8, 4) is 0 Å². The van der Waals surface area contributed by atoms with E-state index in [9.17, 15) is 4.79 Å². The zero-order valence-electron chi connectivity index (χ0n) is 7.68. The number of allylic oxidation sites excluding steroid dienone is 2. The lowest BCUT2D eigenvalue weighted by molar-refractivity contribution is 0.163. The summed E-state index contributed by atoms with van der Waals surface area (Å²) in [6.45, 7) is 8.26. The van der Waals surface area contributed by atoms with Crippen LogP contribution < -0.4 is 5.73 Å². The van der Waals surface area contributed by atoms with Gasteiger partial charge in [0.2, 0.25) is 0 Å². The summed E-state index contributed by atoms with van der Waals surface area (Å²) in [6, 6.07) is 0. The van der Waals surface area contributed by atoms with Crippen LogP contribution >= 0.6 is 0 Å². The Hall–Kier alpha value is -0.990. The SMILES string of the molecule is CC=C(C)C.CCOC(N)=O. The van der Waals surface area contributed by atoms with Gasteiger partial charge in [-0.15, -0.1) is 0 Å². The van der Waals surface area contributed by atoms with Crippen LogP contribution in [0.2, 0.25) is 0 Å². The summed E-state index contributed by atoms with van der Waals surface area (Å²) in [4.78, 5) is 9.60. The quantitative estimate of drug-likeness (QED) is 0.595. The van der Waals surface area contributed by atoms with Crippen LogP contribution in [0.25, 0.3) is 0 Å². The molecule has 0 bridgehead atoms. The van der Waals surface area contributed by atoms with Gasteiger partial charge in [-0.25, -0.2) is 4.79 Å². The minimum atomic E-state index is -0.711. The summed E-state index contributed by atoms with van der Waals surface area (Å²) >= 11 is 0. The Morgan fingerprint density at radius 3 is 1.91 bits per heavy atom. The van der Waals surface area contributed by atoms with Crippen molar-refractivity contribution in [2.75, 3.05) is 6.61 Å². The second-order valence-electron chi connectivity index (χ2n) is 2.12. The van der Waals surface area contributed by atoms with Crippen LogP contribution in [0.1, 0.15) is 27.7 Å². The number of ether oxygens (including phenoxy) is 1. The topological polar surface area (TPSA) is 52.3 Å². The predicted molar refractivity (Wildman–Crippen MR) is 46.3 cm³/mol. The maximum absolute atomic E-state index is 9.60. The van der Waals surface area contributed by atoms with Crippen molar-refractivity contribution in [3.63, 3.8) is 0 Å². The minimum absolute atomic E-state index is 0.356. The van der Waals surface area contributed by atoms with E-state index in [2.05, 4.69) is 30.4 Å². The molecule has 0 saturated heterocycles. The molecule has 66 valence electrons. The lowest BCUT2D eigenvalue weighted by atomic mass is 10.3. The van der Waals surface area contributed by atoms with Crippen molar-refractivity contribution in [1.82, 2.24) is 0 Å². The summed E-state index contributed by atoms with van der Waals surface area (Å²) in [5.41, 5.74) is 5.92. The number of primary amides is 1. The molecule has 3 nitrogen and oxygen atoms in total. The molecule has 0 aromatic carbocycles. The van der Waals surface area contributed by atoms with Gasteiger partial charge in [0.25, 0.3) is 0 Å². The van der Waals surface area contributed by atoms with E-state index in [0.717, 1.165) is 0 Å². The Kier molecular flexibility index (Phi) is 10.4. The molecule has 0 spiro atoms. The molecule has 11 heavy (non-hydrogen) atoms. The molecule has 0 aromatic heterocycles. The summed E-state index contributed by atoms with van der Waals surface area (Å²) in [7, 11) is 0. The van der Waals surface area contributed by atoms with Crippen LogP contribution in [0.3, 0.4) is 0 Å². The fraction of sp³-hybridized carbons (Fsp3) is 0.625. The molecule has 0 saturated carbocycles. The Labute approximate surface area is 68.2 Å². The number of amides is 1. The number of rotatable bonds is 1. The van der Waals surface area contributed by atoms with Gasteiger partial charge in [0.1, 0.15) is 0 Å². The summed E-state index contributed by atoms with van der Waals surface area (Å²) in [5.74, 6) is 0. The normalized spacial score (nSPS) is 7.27. The van der Waals surface area contributed by atoms with E-state index in [1.54, 1.807) is 6.92 Å². The molecule has 0 heterocycles. The van der Waals surface area contributed by atoms with Crippen LogP contribution in [0.5, 0.6) is 0 Å². The van der Waals surface area contributed by atoms with Crippen molar-refractivity contribution in [2.24, 2.45) is 5.73 Å². The van der Waals surface area contributed by atoms with Crippen molar-refractivity contribution in [3.05, 3.63) is 11.6 Å².